The topological polar surface area (TPSA) is 124 Å². The summed E-state index contributed by atoms with van der Waals surface area (Å²) in [4.78, 5) is 34.3. The van der Waals surface area contributed by atoms with Gasteiger partial charge in [0, 0.05) is 14.1 Å². The summed E-state index contributed by atoms with van der Waals surface area (Å²) in [6.45, 7) is 0. The molecule has 0 bridgehead atoms. The second kappa shape index (κ2) is 4.78. The van der Waals surface area contributed by atoms with E-state index in [1.807, 2.05) is 0 Å². The van der Waals surface area contributed by atoms with Gasteiger partial charge in [0.25, 0.3) is 17.4 Å². The molecule has 1 aliphatic rings. The van der Waals surface area contributed by atoms with Gasteiger partial charge in [-0.05, 0) is 12.1 Å². The minimum absolute atomic E-state index is 0.236. The lowest BCUT2D eigenvalue weighted by Crippen LogP contribution is -2.64. The number of hydrogen-bond acceptors (Lipinski definition) is 7. The van der Waals surface area contributed by atoms with Gasteiger partial charge in [-0.1, -0.05) is 0 Å². The number of hydrazone groups is 1. The monoisotopic (exact) mass is 280 g/mol. The molecule has 20 heavy (non-hydrogen) atoms. The first-order valence-electron chi connectivity index (χ1n) is 5.55. The minimum Gasteiger partial charge on any atom is -0.456 e. The summed E-state index contributed by atoms with van der Waals surface area (Å²) in [6.07, 6.45) is 1.34. The van der Waals surface area contributed by atoms with Gasteiger partial charge in [-0.2, -0.15) is 5.10 Å². The van der Waals surface area contributed by atoms with Gasteiger partial charge in [-0.15, -0.1) is 0 Å². The second-order valence-electron chi connectivity index (χ2n) is 4.24. The molecule has 2 heterocycles. The number of carbonyl (C=O) groups is 3. The summed E-state index contributed by atoms with van der Waals surface area (Å²) in [5.74, 6) is -2.41. The van der Waals surface area contributed by atoms with E-state index >= 15 is 0 Å². The Balaban J connectivity index is 2.32. The Labute approximate surface area is 113 Å². The van der Waals surface area contributed by atoms with Gasteiger partial charge in [-0.3, -0.25) is 20.2 Å². The Kier molecular flexibility index (Phi) is 3.28. The smallest absolute Gasteiger partial charge is 0.328 e. The van der Waals surface area contributed by atoms with E-state index in [-0.39, 0.29) is 11.5 Å². The number of amides is 4. The fourth-order valence-corrected chi connectivity index (χ4v) is 1.53. The molecule has 4 amide bonds. The molecule has 0 saturated carbocycles. The number of nitrogens with one attached hydrogen (secondary N) is 2. The Bertz CT molecular complexity index is 584. The molecule has 0 spiro atoms. The van der Waals surface area contributed by atoms with Crippen molar-refractivity contribution in [3.63, 3.8) is 0 Å². The molecule has 9 heteroatoms. The molecule has 106 valence electrons. The first-order valence-corrected chi connectivity index (χ1v) is 5.55. The fourth-order valence-electron chi connectivity index (χ4n) is 1.53. The zero-order valence-electron chi connectivity index (χ0n) is 10.7. The maximum atomic E-state index is 11.7. The van der Waals surface area contributed by atoms with Gasteiger partial charge in [0.2, 0.25) is 0 Å². The standard InChI is InChI=1S/C11H12N4O5/c1-15(2)12-5-6-3-4-7(20-6)11(19)8(16)13-10(18)14-9(11)17/h3-5,19H,1-2H3,(H2,13,14,16,17,18)/b12-5-. The predicted octanol–water partition coefficient (Wildman–Crippen LogP) is -1.27. The second-order valence-corrected chi connectivity index (χ2v) is 4.24. The van der Waals surface area contributed by atoms with Crippen molar-refractivity contribution in [2.24, 2.45) is 5.10 Å². The van der Waals surface area contributed by atoms with Crippen LogP contribution in [-0.4, -0.2) is 48.3 Å². The van der Waals surface area contributed by atoms with Crippen molar-refractivity contribution in [3.8, 4) is 0 Å². The Morgan fingerprint density at radius 2 is 1.85 bits per heavy atom. The number of hydrogen-bond donors (Lipinski definition) is 3. The van der Waals surface area contributed by atoms with Crippen LogP contribution in [0.25, 0.3) is 0 Å². The van der Waals surface area contributed by atoms with Crippen LogP contribution >= 0.6 is 0 Å². The van der Waals surface area contributed by atoms with Crippen molar-refractivity contribution in [2.75, 3.05) is 14.1 Å². The van der Waals surface area contributed by atoms with Crippen LogP contribution in [0.4, 0.5) is 4.79 Å². The maximum Gasteiger partial charge on any atom is 0.328 e. The molecule has 2 rings (SSSR count). The summed E-state index contributed by atoms with van der Waals surface area (Å²) in [5.41, 5.74) is -2.59. The van der Waals surface area contributed by atoms with E-state index in [1.54, 1.807) is 24.7 Å². The third-order valence-electron chi connectivity index (χ3n) is 2.51. The molecule has 1 aromatic heterocycles. The zero-order valence-corrected chi connectivity index (χ0v) is 10.7. The van der Waals surface area contributed by atoms with E-state index in [4.69, 9.17) is 4.42 Å². The van der Waals surface area contributed by atoms with Gasteiger partial charge >= 0.3 is 6.03 Å². The van der Waals surface area contributed by atoms with Crippen molar-refractivity contribution in [1.29, 1.82) is 0 Å². The molecule has 0 unspecified atom stereocenters. The molecule has 0 atom stereocenters. The number of urea groups is 1. The molecular formula is C11H12N4O5. The van der Waals surface area contributed by atoms with E-state index < -0.39 is 23.4 Å². The van der Waals surface area contributed by atoms with Crippen LogP contribution in [0.2, 0.25) is 0 Å². The van der Waals surface area contributed by atoms with Crippen LogP contribution in [0.3, 0.4) is 0 Å². The summed E-state index contributed by atoms with van der Waals surface area (Å²) in [6, 6.07) is 1.69. The highest BCUT2D eigenvalue weighted by Gasteiger charge is 2.53. The molecule has 0 aromatic carbocycles. The van der Waals surface area contributed by atoms with Gasteiger partial charge in [0.15, 0.2) is 5.76 Å². The number of furan rings is 1. The molecule has 9 nitrogen and oxygen atoms in total. The van der Waals surface area contributed by atoms with Crippen LogP contribution in [-0.2, 0) is 15.2 Å². The van der Waals surface area contributed by atoms with E-state index in [2.05, 4.69) is 5.10 Å². The summed E-state index contributed by atoms with van der Waals surface area (Å²) >= 11 is 0. The van der Waals surface area contributed by atoms with Crippen molar-refractivity contribution in [3.05, 3.63) is 23.7 Å². The third-order valence-corrected chi connectivity index (χ3v) is 2.51. The highest BCUT2D eigenvalue weighted by molar-refractivity contribution is 6.21. The van der Waals surface area contributed by atoms with Gasteiger partial charge < -0.3 is 14.5 Å². The quantitative estimate of drug-likeness (QED) is 0.360. The SMILES string of the molecule is CN(C)/N=C\c1ccc(C2(O)C(=O)NC(=O)NC2=O)o1. The van der Waals surface area contributed by atoms with Crippen LogP contribution in [0.1, 0.15) is 11.5 Å². The molecule has 0 radical (unpaired) electrons. The van der Waals surface area contributed by atoms with Crippen molar-refractivity contribution in [1.82, 2.24) is 15.6 Å². The molecule has 1 fully saturated rings. The number of aliphatic hydroxyl groups is 1. The lowest BCUT2D eigenvalue weighted by molar-refractivity contribution is -0.157. The number of nitrogens with zero attached hydrogens (tertiary/aromatic N) is 2. The van der Waals surface area contributed by atoms with E-state index in [9.17, 15) is 19.5 Å². The Hall–Kier alpha value is -2.68. The Morgan fingerprint density at radius 1 is 1.25 bits per heavy atom. The average Bonchev–Trinajstić information content (AvgIpc) is 2.82. The van der Waals surface area contributed by atoms with E-state index in [1.165, 1.54) is 23.4 Å². The Morgan fingerprint density at radius 3 is 2.40 bits per heavy atom. The van der Waals surface area contributed by atoms with Gasteiger partial charge in [0.05, 0.1) is 6.21 Å². The summed E-state index contributed by atoms with van der Waals surface area (Å²) in [7, 11) is 3.39. The average molecular weight is 280 g/mol. The van der Waals surface area contributed by atoms with Crippen molar-refractivity contribution < 1.29 is 23.9 Å². The van der Waals surface area contributed by atoms with Crippen LogP contribution in [0.15, 0.2) is 21.7 Å². The molecule has 0 aliphatic carbocycles. The molecule has 3 N–H and O–H groups in total. The number of imide groups is 2. The van der Waals surface area contributed by atoms with Gasteiger partial charge in [0.1, 0.15) is 5.76 Å². The lowest BCUT2D eigenvalue weighted by Gasteiger charge is -2.26. The summed E-state index contributed by atoms with van der Waals surface area (Å²) in [5, 5.41) is 19.2. The highest BCUT2D eigenvalue weighted by Crippen LogP contribution is 2.25. The molecule has 1 saturated heterocycles. The van der Waals surface area contributed by atoms with Crippen LogP contribution < -0.4 is 10.6 Å². The lowest BCUT2D eigenvalue weighted by atomic mass is 9.97. The molecular weight excluding hydrogens is 268 g/mol. The van der Waals surface area contributed by atoms with E-state index in [0.29, 0.717) is 0 Å². The van der Waals surface area contributed by atoms with Crippen molar-refractivity contribution in [2.45, 2.75) is 5.60 Å². The molecule has 1 aliphatic heterocycles. The van der Waals surface area contributed by atoms with Gasteiger partial charge in [-0.25, -0.2) is 4.79 Å². The normalized spacial score (nSPS) is 18.1. The first-order chi connectivity index (χ1) is 9.34. The van der Waals surface area contributed by atoms with Crippen LogP contribution in [0, 0.1) is 0 Å². The first kappa shape index (κ1) is 13.7. The largest absolute Gasteiger partial charge is 0.456 e. The number of barbiturate groups is 1. The minimum atomic E-state index is -2.59. The van der Waals surface area contributed by atoms with Crippen molar-refractivity contribution >= 4 is 24.1 Å². The summed E-state index contributed by atoms with van der Waals surface area (Å²) < 4.78 is 5.19. The van der Waals surface area contributed by atoms with E-state index in [0.717, 1.165) is 0 Å². The highest BCUT2D eigenvalue weighted by atomic mass is 16.4. The number of rotatable bonds is 3. The van der Waals surface area contributed by atoms with Crippen LogP contribution in [0.5, 0.6) is 0 Å². The predicted molar refractivity (Wildman–Crippen MR) is 65.6 cm³/mol. The number of carbonyl (C=O) groups excluding carboxylic acids is 3. The maximum absolute atomic E-state index is 11.7. The zero-order chi connectivity index (χ0) is 14.9. The fraction of sp³-hybridized carbons (Fsp3) is 0.273. The third kappa shape index (κ3) is 2.26. The molecule has 1 aromatic rings.